The fourth-order valence-electron chi connectivity index (χ4n) is 1.56. The van der Waals surface area contributed by atoms with Gasteiger partial charge < -0.3 is 14.6 Å². The van der Waals surface area contributed by atoms with E-state index in [2.05, 4.69) is 37.3 Å². The van der Waals surface area contributed by atoms with Crippen LogP contribution in [0.15, 0.2) is 10.5 Å². The maximum atomic E-state index is 5.67. The molecule has 0 radical (unpaired) electrons. The normalized spacial score (nSPS) is 11.3. The Labute approximate surface area is 92.5 Å². The van der Waals surface area contributed by atoms with E-state index in [9.17, 15) is 0 Å². The maximum Gasteiger partial charge on any atom is 0.118 e. The molecule has 0 aliphatic heterocycles. The smallest absolute Gasteiger partial charge is 0.118 e. The van der Waals surface area contributed by atoms with Crippen molar-refractivity contribution in [3.63, 3.8) is 0 Å². The standard InChI is InChI=1S/C12H22N2O/c1-5-6-13-8-12-7-11(9-14(3)4)10(2)15-12/h7,13H,5-6,8-9H2,1-4H3. The molecule has 0 bridgehead atoms. The van der Waals surface area contributed by atoms with Crippen molar-refractivity contribution in [2.24, 2.45) is 0 Å². The molecule has 0 aliphatic rings. The van der Waals surface area contributed by atoms with Crippen LogP contribution in [0.5, 0.6) is 0 Å². The molecule has 0 atom stereocenters. The summed E-state index contributed by atoms with van der Waals surface area (Å²) in [4.78, 5) is 2.15. The molecule has 0 fully saturated rings. The Hall–Kier alpha value is -0.800. The van der Waals surface area contributed by atoms with Crippen molar-refractivity contribution < 1.29 is 4.42 Å². The Morgan fingerprint density at radius 2 is 2.13 bits per heavy atom. The number of rotatable bonds is 6. The van der Waals surface area contributed by atoms with Crippen LogP contribution in [-0.4, -0.2) is 25.5 Å². The molecule has 1 N–H and O–H groups in total. The number of aryl methyl sites for hydroxylation is 1. The van der Waals surface area contributed by atoms with Crippen LogP contribution in [0.3, 0.4) is 0 Å². The largest absolute Gasteiger partial charge is 0.465 e. The van der Waals surface area contributed by atoms with Gasteiger partial charge in [0.1, 0.15) is 11.5 Å². The second-order valence-electron chi connectivity index (χ2n) is 4.21. The first-order valence-corrected chi connectivity index (χ1v) is 5.57. The van der Waals surface area contributed by atoms with Crippen molar-refractivity contribution in [2.45, 2.75) is 33.4 Å². The number of nitrogens with one attached hydrogen (secondary N) is 1. The van der Waals surface area contributed by atoms with Gasteiger partial charge in [-0.15, -0.1) is 0 Å². The van der Waals surface area contributed by atoms with E-state index in [1.54, 1.807) is 0 Å². The van der Waals surface area contributed by atoms with E-state index in [1.165, 1.54) is 5.56 Å². The van der Waals surface area contributed by atoms with Crippen molar-refractivity contribution in [1.29, 1.82) is 0 Å². The first-order valence-electron chi connectivity index (χ1n) is 5.57. The molecule has 1 aromatic heterocycles. The van der Waals surface area contributed by atoms with E-state index < -0.39 is 0 Å². The lowest BCUT2D eigenvalue weighted by atomic mass is 10.2. The van der Waals surface area contributed by atoms with Gasteiger partial charge in [-0.3, -0.25) is 0 Å². The first-order chi connectivity index (χ1) is 7.13. The predicted octanol–water partition coefficient (Wildman–Crippen LogP) is 2.15. The van der Waals surface area contributed by atoms with Gasteiger partial charge in [-0.1, -0.05) is 6.92 Å². The molecule has 86 valence electrons. The number of hydrogen-bond acceptors (Lipinski definition) is 3. The molecule has 0 spiro atoms. The third kappa shape index (κ3) is 4.06. The predicted molar refractivity (Wildman–Crippen MR) is 62.8 cm³/mol. The maximum absolute atomic E-state index is 5.67. The molecule has 1 aromatic rings. The molecular weight excluding hydrogens is 188 g/mol. The van der Waals surface area contributed by atoms with Gasteiger partial charge in [0, 0.05) is 12.1 Å². The molecule has 0 saturated carbocycles. The van der Waals surface area contributed by atoms with Crippen LogP contribution in [0.4, 0.5) is 0 Å². The Kier molecular flexibility index (Phi) is 4.85. The van der Waals surface area contributed by atoms with Crippen molar-refractivity contribution >= 4 is 0 Å². The summed E-state index contributed by atoms with van der Waals surface area (Å²) >= 11 is 0. The molecule has 1 heterocycles. The zero-order chi connectivity index (χ0) is 11.3. The molecular formula is C12H22N2O. The van der Waals surface area contributed by atoms with Crippen molar-refractivity contribution in [1.82, 2.24) is 10.2 Å². The summed E-state index contributed by atoms with van der Waals surface area (Å²) in [5.74, 6) is 2.08. The van der Waals surface area contributed by atoms with Gasteiger partial charge in [0.2, 0.25) is 0 Å². The molecule has 1 rings (SSSR count). The monoisotopic (exact) mass is 210 g/mol. The summed E-state index contributed by atoms with van der Waals surface area (Å²) in [7, 11) is 4.14. The lowest BCUT2D eigenvalue weighted by Gasteiger charge is -2.07. The number of furan rings is 1. The Morgan fingerprint density at radius 3 is 2.73 bits per heavy atom. The van der Waals surface area contributed by atoms with Crippen LogP contribution in [0, 0.1) is 6.92 Å². The minimum absolute atomic E-state index is 0.835. The van der Waals surface area contributed by atoms with Crippen molar-refractivity contribution in [3.8, 4) is 0 Å². The summed E-state index contributed by atoms with van der Waals surface area (Å²) in [6.45, 7) is 7.02. The van der Waals surface area contributed by atoms with Crippen molar-refractivity contribution in [2.75, 3.05) is 20.6 Å². The quantitative estimate of drug-likeness (QED) is 0.729. The van der Waals surface area contributed by atoms with Crippen LogP contribution >= 0.6 is 0 Å². The number of nitrogens with zero attached hydrogens (tertiary/aromatic N) is 1. The summed E-state index contributed by atoms with van der Waals surface area (Å²) in [5.41, 5.74) is 1.29. The highest BCUT2D eigenvalue weighted by Crippen LogP contribution is 2.15. The van der Waals surface area contributed by atoms with E-state index >= 15 is 0 Å². The fourth-order valence-corrected chi connectivity index (χ4v) is 1.56. The molecule has 0 saturated heterocycles. The van der Waals surface area contributed by atoms with E-state index in [0.717, 1.165) is 37.6 Å². The Balaban J connectivity index is 2.52. The van der Waals surface area contributed by atoms with Crippen LogP contribution in [0.2, 0.25) is 0 Å². The molecule has 0 aromatic carbocycles. The summed E-state index contributed by atoms with van der Waals surface area (Å²) in [6, 6.07) is 2.15. The first kappa shape index (κ1) is 12.3. The topological polar surface area (TPSA) is 28.4 Å². The molecule has 3 nitrogen and oxygen atoms in total. The van der Waals surface area contributed by atoms with Crippen LogP contribution in [0.25, 0.3) is 0 Å². The second kappa shape index (κ2) is 5.93. The van der Waals surface area contributed by atoms with E-state index in [-0.39, 0.29) is 0 Å². The van der Waals surface area contributed by atoms with Crippen LogP contribution in [-0.2, 0) is 13.1 Å². The van der Waals surface area contributed by atoms with Crippen LogP contribution in [0.1, 0.15) is 30.4 Å². The van der Waals surface area contributed by atoms with Gasteiger partial charge in [-0.25, -0.2) is 0 Å². The van der Waals surface area contributed by atoms with Gasteiger partial charge in [-0.2, -0.15) is 0 Å². The van der Waals surface area contributed by atoms with E-state index in [1.807, 2.05) is 6.92 Å². The molecule has 0 aliphatic carbocycles. The average Bonchev–Trinajstić information content (AvgIpc) is 2.47. The Morgan fingerprint density at radius 1 is 1.40 bits per heavy atom. The van der Waals surface area contributed by atoms with Gasteiger partial charge in [0.15, 0.2) is 0 Å². The van der Waals surface area contributed by atoms with Gasteiger partial charge in [0.25, 0.3) is 0 Å². The SMILES string of the molecule is CCCNCc1cc(CN(C)C)c(C)o1. The lowest BCUT2D eigenvalue weighted by Crippen LogP contribution is -2.13. The van der Waals surface area contributed by atoms with E-state index in [0.29, 0.717) is 0 Å². The second-order valence-corrected chi connectivity index (χ2v) is 4.21. The summed E-state index contributed by atoms with van der Waals surface area (Å²) in [5, 5.41) is 3.34. The third-order valence-electron chi connectivity index (χ3n) is 2.28. The highest BCUT2D eigenvalue weighted by atomic mass is 16.3. The molecule has 3 heteroatoms. The Bertz CT molecular complexity index is 292. The molecule has 0 amide bonds. The summed E-state index contributed by atoms with van der Waals surface area (Å²) in [6.07, 6.45) is 1.16. The average molecular weight is 210 g/mol. The minimum Gasteiger partial charge on any atom is -0.465 e. The van der Waals surface area contributed by atoms with Gasteiger partial charge in [-0.05, 0) is 40.1 Å². The highest BCUT2D eigenvalue weighted by molar-refractivity contribution is 5.20. The summed E-state index contributed by atoms with van der Waals surface area (Å²) < 4.78 is 5.67. The lowest BCUT2D eigenvalue weighted by molar-refractivity contribution is 0.394. The van der Waals surface area contributed by atoms with Crippen LogP contribution < -0.4 is 5.32 Å². The molecule has 15 heavy (non-hydrogen) atoms. The zero-order valence-corrected chi connectivity index (χ0v) is 10.3. The molecule has 0 unspecified atom stereocenters. The van der Waals surface area contributed by atoms with Crippen molar-refractivity contribution in [3.05, 3.63) is 23.2 Å². The van der Waals surface area contributed by atoms with E-state index in [4.69, 9.17) is 4.42 Å². The highest BCUT2D eigenvalue weighted by Gasteiger charge is 2.07. The zero-order valence-electron chi connectivity index (χ0n) is 10.3. The van der Waals surface area contributed by atoms with Gasteiger partial charge >= 0.3 is 0 Å². The third-order valence-corrected chi connectivity index (χ3v) is 2.28. The van der Waals surface area contributed by atoms with Gasteiger partial charge in [0.05, 0.1) is 6.54 Å². The minimum atomic E-state index is 0.835. The number of hydrogen-bond donors (Lipinski definition) is 1. The fraction of sp³-hybridized carbons (Fsp3) is 0.667.